The van der Waals surface area contributed by atoms with Gasteiger partial charge in [-0.1, -0.05) is 18.2 Å². The van der Waals surface area contributed by atoms with Gasteiger partial charge in [0.05, 0.1) is 4.90 Å². The molecule has 7 nitrogen and oxygen atoms in total. The number of ether oxygens (including phenoxy) is 1. The molecule has 8 heteroatoms. The van der Waals surface area contributed by atoms with E-state index in [1.807, 2.05) is 24.3 Å². The van der Waals surface area contributed by atoms with E-state index in [1.54, 1.807) is 19.9 Å². The highest BCUT2D eigenvalue weighted by Gasteiger charge is 2.19. The quantitative estimate of drug-likeness (QED) is 0.674. The largest absolute Gasteiger partial charge is 0.455 e. The number of carbonyl (C=O) groups is 2. The molecule has 0 unspecified atom stereocenters. The van der Waals surface area contributed by atoms with Crippen LogP contribution in [0, 0.1) is 13.8 Å². The van der Waals surface area contributed by atoms with E-state index in [0.717, 1.165) is 24.8 Å². The molecule has 1 amide bonds. The lowest BCUT2D eigenvalue weighted by molar-refractivity contribution is -0.146. The SMILES string of the molecule is Cc1ccc(C)c(S(=O)(=O)NCC(=O)OCC(=O)Nc2ccc3c(c2)CCC3)c1. The molecule has 0 heterocycles. The number of hydrogen-bond acceptors (Lipinski definition) is 5. The highest BCUT2D eigenvalue weighted by Crippen LogP contribution is 2.24. The number of benzene rings is 2. The highest BCUT2D eigenvalue weighted by molar-refractivity contribution is 7.89. The minimum Gasteiger partial charge on any atom is -0.455 e. The molecule has 0 saturated heterocycles. The van der Waals surface area contributed by atoms with E-state index in [2.05, 4.69) is 10.0 Å². The van der Waals surface area contributed by atoms with Crippen LogP contribution in [0.5, 0.6) is 0 Å². The van der Waals surface area contributed by atoms with Crippen molar-refractivity contribution in [2.75, 3.05) is 18.5 Å². The second-order valence-electron chi connectivity index (χ2n) is 7.14. The predicted molar refractivity (Wildman–Crippen MR) is 109 cm³/mol. The first-order valence-electron chi connectivity index (χ1n) is 9.39. The summed E-state index contributed by atoms with van der Waals surface area (Å²) in [6.07, 6.45) is 3.16. The summed E-state index contributed by atoms with van der Waals surface area (Å²) in [6, 6.07) is 10.8. The minimum absolute atomic E-state index is 0.111. The van der Waals surface area contributed by atoms with Gasteiger partial charge in [-0.2, -0.15) is 4.72 Å². The van der Waals surface area contributed by atoms with Crippen molar-refractivity contribution in [3.05, 3.63) is 58.7 Å². The number of esters is 1. The maximum atomic E-state index is 12.4. The third-order valence-corrected chi connectivity index (χ3v) is 6.33. The fraction of sp³-hybridized carbons (Fsp3) is 0.333. The van der Waals surface area contributed by atoms with Crippen molar-refractivity contribution in [1.82, 2.24) is 4.72 Å². The zero-order valence-corrected chi connectivity index (χ0v) is 17.3. The Labute approximate surface area is 170 Å². The van der Waals surface area contributed by atoms with Gasteiger partial charge in [-0.05, 0) is 73.6 Å². The maximum absolute atomic E-state index is 12.4. The van der Waals surface area contributed by atoms with Gasteiger partial charge in [0.2, 0.25) is 10.0 Å². The molecular weight excluding hydrogens is 392 g/mol. The third-order valence-electron chi connectivity index (χ3n) is 4.79. The van der Waals surface area contributed by atoms with Crippen LogP contribution in [-0.2, 0) is 37.2 Å². The Morgan fingerprint density at radius 2 is 1.79 bits per heavy atom. The lowest BCUT2D eigenvalue weighted by Crippen LogP contribution is -2.32. The highest BCUT2D eigenvalue weighted by atomic mass is 32.2. The Morgan fingerprint density at radius 3 is 2.59 bits per heavy atom. The first kappa shape index (κ1) is 21.0. The number of aryl methyl sites for hydroxylation is 4. The molecule has 2 aromatic rings. The molecular formula is C21H24N2O5S. The number of anilines is 1. The van der Waals surface area contributed by atoms with E-state index < -0.39 is 35.1 Å². The number of sulfonamides is 1. The van der Waals surface area contributed by atoms with Crippen LogP contribution in [-0.4, -0.2) is 33.4 Å². The number of rotatable bonds is 7. The van der Waals surface area contributed by atoms with Gasteiger partial charge >= 0.3 is 5.97 Å². The second kappa shape index (κ2) is 8.75. The molecule has 3 rings (SSSR count). The normalized spacial score (nSPS) is 13.0. The number of fused-ring (bicyclic) bond motifs is 1. The molecule has 2 N–H and O–H groups in total. The average Bonchev–Trinajstić information content (AvgIpc) is 3.14. The van der Waals surface area contributed by atoms with Crippen molar-refractivity contribution in [2.24, 2.45) is 0 Å². The van der Waals surface area contributed by atoms with Gasteiger partial charge in [-0.25, -0.2) is 8.42 Å². The summed E-state index contributed by atoms with van der Waals surface area (Å²) in [5.74, 6) is -1.31. The molecule has 0 spiro atoms. The lowest BCUT2D eigenvalue weighted by atomic mass is 10.1. The van der Waals surface area contributed by atoms with E-state index in [1.165, 1.54) is 17.2 Å². The zero-order chi connectivity index (χ0) is 21.0. The van der Waals surface area contributed by atoms with Crippen molar-refractivity contribution < 1.29 is 22.7 Å². The van der Waals surface area contributed by atoms with Gasteiger partial charge in [0.25, 0.3) is 5.91 Å². The van der Waals surface area contributed by atoms with Crippen molar-refractivity contribution in [2.45, 2.75) is 38.0 Å². The summed E-state index contributed by atoms with van der Waals surface area (Å²) in [6.45, 7) is 2.42. The Bertz CT molecular complexity index is 1050. The smallest absolute Gasteiger partial charge is 0.321 e. The van der Waals surface area contributed by atoms with E-state index in [0.29, 0.717) is 11.3 Å². The standard InChI is InChI=1S/C21H24N2O5S/c1-14-6-7-15(2)19(10-14)29(26,27)22-12-21(25)28-13-20(24)23-18-9-8-16-4-3-5-17(16)11-18/h6-11,22H,3-5,12-13H2,1-2H3,(H,23,24). The Kier molecular flexibility index (Phi) is 6.34. The Hall–Kier alpha value is -2.71. The summed E-state index contributed by atoms with van der Waals surface area (Å²) in [5, 5.41) is 2.68. The topological polar surface area (TPSA) is 102 Å². The molecule has 0 aromatic heterocycles. The van der Waals surface area contributed by atoms with Crippen molar-refractivity contribution >= 4 is 27.6 Å². The molecule has 0 aliphatic heterocycles. The molecule has 0 bridgehead atoms. The van der Waals surface area contributed by atoms with E-state index in [-0.39, 0.29) is 4.90 Å². The first-order valence-corrected chi connectivity index (χ1v) is 10.9. The molecule has 0 fully saturated rings. The average molecular weight is 416 g/mol. The van der Waals surface area contributed by atoms with Gasteiger partial charge in [0, 0.05) is 5.69 Å². The number of nitrogens with one attached hydrogen (secondary N) is 2. The minimum atomic E-state index is -3.85. The van der Waals surface area contributed by atoms with E-state index in [4.69, 9.17) is 4.74 Å². The lowest BCUT2D eigenvalue weighted by Gasteiger charge is -2.11. The zero-order valence-electron chi connectivity index (χ0n) is 16.4. The third kappa shape index (κ3) is 5.42. The van der Waals surface area contributed by atoms with Crippen molar-refractivity contribution in [3.63, 3.8) is 0 Å². The molecule has 1 aliphatic carbocycles. The Morgan fingerprint density at radius 1 is 1.03 bits per heavy atom. The van der Waals surface area contributed by atoms with Gasteiger partial charge in [-0.15, -0.1) is 0 Å². The Balaban J connectivity index is 1.48. The van der Waals surface area contributed by atoms with Gasteiger partial charge in [0.1, 0.15) is 6.54 Å². The summed E-state index contributed by atoms with van der Waals surface area (Å²) >= 11 is 0. The number of carbonyl (C=O) groups excluding carboxylic acids is 2. The van der Waals surface area contributed by atoms with Crippen LogP contribution in [0.2, 0.25) is 0 Å². The molecule has 0 radical (unpaired) electrons. The molecule has 1 aliphatic rings. The summed E-state index contributed by atoms with van der Waals surface area (Å²) < 4.78 is 31.9. The monoisotopic (exact) mass is 416 g/mol. The van der Waals surface area contributed by atoms with Crippen LogP contribution in [0.3, 0.4) is 0 Å². The van der Waals surface area contributed by atoms with Gasteiger partial charge in [0.15, 0.2) is 6.61 Å². The van der Waals surface area contributed by atoms with Gasteiger partial charge in [-0.3, -0.25) is 9.59 Å². The number of hydrogen-bond donors (Lipinski definition) is 2. The fourth-order valence-corrected chi connectivity index (χ4v) is 4.57. The summed E-state index contributed by atoms with van der Waals surface area (Å²) in [7, 11) is -3.85. The molecule has 29 heavy (non-hydrogen) atoms. The summed E-state index contributed by atoms with van der Waals surface area (Å²) in [5.41, 5.74) is 4.54. The molecule has 0 atom stereocenters. The first-order chi connectivity index (χ1) is 13.7. The van der Waals surface area contributed by atoms with Crippen LogP contribution in [0.1, 0.15) is 28.7 Å². The summed E-state index contributed by atoms with van der Waals surface area (Å²) in [4.78, 5) is 24.0. The second-order valence-corrected chi connectivity index (χ2v) is 8.87. The predicted octanol–water partition coefficient (Wildman–Crippen LogP) is 2.25. The van der Waals surface area contributed by atoms with Crippen LogP contribution in [0.15, 0.2) is 41.3 Å². The van der Waals surface area contributed by atoms with E-state index in [9.17, 15) is 18.0 Å². The maximum Gasteiger partial charge on any atom is 0.321 e. The van der Waals surface area contributed by atoms with Crippen LogP contribution in [0.4, 0.5) is 5.69 Å². The van der Waals surface area contributed by atoms with Gasteiger partial charge < -0.3 is 10.1 Å². The van der Waals surface area contributed by atoms with E-state index >= 15 is 0 Å². The van der Waals surface area contributed by atoms with Crippen molar-refractivity contribution in [3.8, 4) is 0 Å². The van der Waals surface area contributed by atoms with Crippen LogP contribution < -0.4 is 10.0 Å². The number of amides is 1. The van der Waals surface area contributed by atoms with Crippen LogP contribution in [0.25, 0.3) is 0 Å². The molecule has 2 aromatic carbocycles. The van der Waals surface area contributed by atoms with Crippen LogP contribution >= 0.6 is 0 Å². The van der Waals surface area contributed by atoms with Crippen molar-refractivity contribution in [1.29, 1.82) is 0 Å². The fourth-order valence-electron chi connectivity index (χ4n) is 3.27. The molecule has 0 saturated carbocycles. The molecule has 154 valence electrons.